The van der Waals surface area contributed by atoms with E-state index in [-0.39, 0.29) is 24.8 Å². The molecule has 0 saturated carbocycles. The predicted octanol–water partition coefficient (Wildman–Crippen LogP) is 0.989. The summed E-state index contributed by atoms with van der Waals surface area (Å²) in [6.45, 7) is 2.54. The van der Waals surface area contributed by atoms with E-state index in [1.807, 2.05) is 0 Å². The Labute approximate surface area is 160 Å². The number of ether oxygens (including phenoxy) is 1. The lowest BCUT2D eigenvalue weighted by Gasteiger charge is -2.26. The molecule has 142 valence electrons. The lowest BCUT2D eigenvalue weighted by molar-refractivity contribution is -0.135. The number of morpholine rings is 1. The maximum Gasteiger partial charge on any atom is 0.290 e. The van der Waals surface area contributed by atoms with E-state index in [0.29, 0.717) is 42.3 Å². The van der Waals surface area contributed by atoms with Crippen LogP contribution >= 0.6 is 11.8 Å². The summed E-state index contributed by atoms with van der Waals surface area (Å²) in [5.74, 6) is -0.689. The lowest BCUT2D eigenvalue weighted by Crippen LogP contribution is -2.42. The largest absolute Gasteiger partial charge is 0.378 e. The molecule has 2 saturated heterocycles. The Morgan fingerprint density at radius 3 is 2.52 bits per heavy atom. The topological polar surface area (TPSA) is 105 Å². The van der Waals surface area contributed by atoms with Crippen molar-refractivity contribution in [1.29, 1.82) is 0 Å². The minimum atomic E-state index is -0.420. The molecule has 8 nitrogen and oxygen atoms in total. The number of nitrogens with one attached hydrogen (secondary N) is 2. The van der Waals surface area contributed by atoms with Crippen LogP contribution in [0.25, 0.3) is 6.08 Å². The maximum absolute atomic E-state index is 12.2. The molecule has 2 aliphatic rings. The Hall–Kier alpha value is -2.65. The first-order valence-corrected chi connectivity index (χ1v) is 9.33. The van der Waals surface area contributed by atoms with Crippen LogP contribution in [-0.2, 0) is 14.3 Å². The molecule has 0 aromatic heterocycles. The summed E-state index contributed by atoms with van der Waals surface area (Å²) in [6, 6.07) is 6.64. The highest BCUT2D eigenvalue weighted by Gasteiger charge is 2.24. The average Bonchev–Trinajstić information content (AvgIpc) is 2.99. The molecule has 0 aliphatic carbocycles. The summed E-state index contributed by atoms with van der Waals surface area (Å²) >= 11 is 0.843. The van der Waals surface area contributed by atoms with Crippen LogP contribution < -0.4 is 10.6 Å². The van der Waals surface area contributed by atoms with Gasteiger partial charge in [-0.1, -0.05) is 12.1 Å². The zero-order valence-corrected chi connectivity index (χ0v) is 15.3. The quantitative estimate of drug-likeness (QED) is 0.728. The second-order valence-electron chi connectivity index (χ2n) is 5.97. The number of rotatable bonds is 5. The van der Waals surface area contributed by atoms with E-state index in [1.54, 1.807) is 35.2 Å². The standard InChI is InChI=1S/C18H19N3O5S/c22-15(21-7-9-26-10-8-21)5-6-19-16(23)13-3-1-12(2-4-13)11-14-17(24)20-18(25)27-14/h1-4,11H,5-10H2,(H,19,23)(H,20,24,25)/b14-11+. The number of hydrogen-bond acceptors (Lipinski definition) is 6. The molecule has 1 aromatic carbocycles. The van der Waals surface area contributed by atoms with Gasteiger partial charge in [0.05, 0.1) is 18.1 Å². The number of imide groups is 1. The average molecular weight is 389 g/mol. The third kappa shape index (κ3) is 5.18. The Bertz CT molecular complexity index is 785. The van der Waals surface area contributed by atoms with Crippen molar-refractivity contribution in [3.8, 4) is 0 Å². The summed E-state index contributed by atoms with van der Waals surface area (Å²) in [6.07, 6.45) is 1.84. The van der Waals surface area contributed by atoms with E-state index >= 15 is 0 Å². The number of carbonyl (C=O) groups excluding carboxylic acids is 4. The van der Waals surface area contributed by atoms with Gasteiger partial charge in [0.2, 0.25) is 5.91 Å². The van der Waals surface area contributed by atoms with Gasteiger partial charge in [0.15, 0.2) is 0 Å². The zero-order chi connectivity index (χ0) is 19.2. The molecule has 0 unspecified atom stereocenters. The summed E-state index contributed by atoms with van der Waals surface area (Å²) < 4.78 is 5.21. The molecule has 9 heteroatoms. The minimum Gasteiger partial charge on any atom is -0.378 e. The molecule has 0 radical (unpaired) electrons. The van der Waals surface area contributed by atoms with Crippen LogP contribution in [0.5, 0.6) is 0 Å². The van der Waals surface area contributed by atoms with Crippen LogP contribution in [-0.4, -0.2) is 60.7 Å². The van der Waals surface area contributed by atoms with Gasteiger partial charge < -0.3 is 15.0 Å². The van der Waals surface area contributed by atoms with Gasteiger partial charge in [0, 0.05) is 31.6 Å². The Balaban J connectivity index is 1.49. The SMILES string of the molecule is O=C1NC(=O)/C(=C\c2ccc(C(=O)NCCC(=O)N3CCOCC3)cc2)S1. The van der Waals surface area contributed by atoms with Crippen molar-refractivity contribution >= 4 is 40.8 Å². The molecule has 4 amide bonds. The summed E-state index contributed by atoms with van der Waals surface area (Å²) in [4.78, 5) is 48.9. The van der Waals surface area contributed by atoms with Crippen molar-refractivity contribution in [2.45, 2.75) is 6.42 Å². The van der Waals surface area contributed by atoms with Gasteiger partial charge in [0.25, 0.3) is 17.1 Å². The van der Waals surface area contributed by atoms with Crippen LogP contribution in [0.15, 0.2) is 29.2 Å². The molecule has 1 aromatic rings. The van der Waals surface area contributed by atoms with Gasteiger partial charge in [-0.05, 0) is 35.5 Å². The minimum absolute atomic E-state index is 0.00228. The number of hydrogen-bond donors (Lipinski definition) is 2. The fraction of sp³-hybridized carbons (Fsp3) is 0.333. The van der Waals surface area contributed by atoms with Gasteiger partial charge in [0.1, 0.15) is 0 Å². The third-order valence-electron chi connectivity index (χ3n) is 4.10. The molecule has 27 heavy (non-hydrogen) atoms. The second-order valence-corrected chi connectivity index (χ2v) is 6.99. The number of thioether (sulfide) groups is 1. The highest BCUT2D eigenvalue weighted by molar-refractivity contribution is 8.18. The lowest BCUT2D eigenvalue weighted by atomic mass is 10.1. The molecular formula is C18H19N3O5S. The molecular weight excluding hydrogens is 370 g/mol. The molecule has 2 N–H and O–H groups in total. The van der Waals surface area contributed by atoms with Gasteiger partial charge in [-0.3, -0.25) is 24.5 Å². The van der Waals surface area contributed by atoms with E-state index < -0.39 is 11.1 Å². The summed E-state index contributed by atoms with van der Waals surface area (Å²) in [7, 11) is 0. The predicted molar refractivity (Wildman–Crippen MR) is 99.9 cm³/mol. The summed E-state index contributed by atoms with van der Waals surface area (Å²) in [5.41, 5.74) is 1.16. The second kappa shape index (κ2) is 8.83. The first-order valence-electron chi connectivity index (χ1n) is 8.51. The highest BCUT2D eigenvalue weighted by atomic mass is 32.2. The Kier molecular flexibility index (Phi) is 6.25. The van der Waals surface area contributed by atoms with Crippen molar-refractivity contribution in [3.05, 3.63) is 40.3 Å². The first kappa shape index (κ1) is 19.1. The number of benzene rings is 1. The molecule has 2 aliphatic heterocycles. The molecule has 2 heterocycles. The first-order chi connectivity index (χ1) is 13.0. The molecule has 3 rings (SSSR count). The van der Waals surface area contributed by atoms with Crippen LogP contribution in [0.1, 0.15) is 22.3 Å². The zero-order valence-electron chi connectivity index (χ0n) is 14.5. The van der Waals surface area contributed by atoms with Gasteiger partial charge in [-0.25, -0.2) is 0 Å². The molecule has 0 bridgehead atoms. The fourth-order valence-corrected chi connectivity index (χ4v) is 3.34. The van der Waals surface area contributed by atoms with Crippen LogP contribution in [0, 0.1) is 0 Å². The van der Waals surface area contributed by atoms with Gasteiger partial charge in [-0.15, -0.1) is 0 Å². The van der Waals surface area contributed by atoms with Crippen LogP contribution in [0.3, 0.4) is 0 Å². The number of amides is 4. The van der Waals surface area contributed by atoms with Crippen LogP contribution in [0.4, 0.5) is 4.79 Å². The van der Waals surface area contributed by atoms with E-state index in [2.05, 4.69) is 10.6 Å². The smallest absolute Gasteiger partial charge is 0.290 e. The number of nitrogens with zero attached hydrogens (tertiary/aromatic N) is 1. The van der Waals surface area contributed by atoms with Crippen LogP contribution in [0.2, 0.25) is 0 Å². The monoisotopic (exact) mass is 389 g/mol. The maximum atomic E-state index is 12.2. The van der Waals surface area contributed by atoms with E-state index in [4.69, 9.17) is 4.74 Å². The Morgan fingerprint density at radius 2 is 1.89 bits per heavy atom. The summed E-state index contributed by atoms with van der Waals surface area (Å²) in [5, 5.41) is 4.52. The number of carbonyl (C=O) groups is 4. The normalized spacial score (nSPS) is 18.5. The molecule has 2 fully saturated rings. The Morgan fingerprint density at radius 1 is 1.19 bits per heavy atom. The van der Waals surface area contributed by atoms with Crippen molar-refractivity contribution < 1.29 is 23.9 Å². The fourth-order valence-electron chi connectivity index (χ4n) is 2.66. The highest BCUT2D eigenvalue weighted by Crippen LogP contribution is 2.25. The van der Waals surface area contributed by atoms with E-state index in [0.717, 1.165) is 11.8 Å². The van der Waals surface area contributed by atoms with Gasteiger partial charge in [-0.2, -0.15) is 0 Å². The molecule has 0 spiro atoms. The van der Waals surface area contributed by atoms with Gasteiger partial charge >= 0.3 is 0 Å². The third-order valence-corrected chi connectivity index (χ3v) is 4.91. The van der Waals surface area contributed by atoms with E-state index in [9.17, 15) is 19.2 Å². The van der Waals surface area contributed by atoms with Crippen molar-refractivity contribution in [2.24, 2.45) is 0 Å². The van der Waals surface area contributed by atoms with Crippen molar-refractivity contribution in [3.63, 3.8) is 0 Å². The molecule has 0 atom stereocenters. The van der Waals surface area contributed by atoms with Crippen molar-refractivity contribution in [1.82, 2.24) is 15.5 Å². The van der Waals surface area contributed by atoms with E-state index in [1.165, 1.54) is 0 Å². The van der Waals surface area contributed by atoms with Crippen molar-refractivity contribution in [2.75, 3.05) is 32.8 Å².